The molecule has 0 saturated carbocycles. The number of amides is 1. The van der Waals surface area contributed by atoms with Crippen LogP contribution in [0.4, 0.5) is 21.0 Å². The van der Waals surface area contributed by atoms with Crippen LogP contribution in [-0.2, 0) is 7.05 Å². The van der Waals surface area contributed by atoms with E-state index in [-0.39, 0.29) is 18.4 Å². The topological polar surface area (TPSA) is 126 Å². The predicted octanol–water partition coefficient (Wildman–Crippen LogP) is 4.71. The van der Waals surface area contributed by atoms with Gasteiger partial charge in [-0.1, -0.05) is 13.8 Å². The van der Waals surface area contributed by atoms with E-state index in [0.717, 1.165) is 0 Å². The van der Waals surface area contributed by atoms with Crippen LogP contribution in [0.25, 0.3) is 16.9 Å². The van der Waals surface area contributed by atoms with E-state index in [0.29, 0.717) is 40.9 Å². The van der Waals surface area contributed by atoms with Gasteiger partial charge in [-0.3, -0.25) is 9.08 Å². The highest BCUT2D eigenvalue weighted by Crippen LogP contribution is 2.30. The molecule has 0 bridgehead atoms. The van der Waals surface area contributed by atoms with Crippen molar-refractivity contribution in [2.24, 2.45) is 13.0 Å². The van der Waals surface area contributed by atoms with Crippen molar-refractivity contribution in [1.82, 2.24) is 39.2 Å². The van der Waals surface area contributed by atoms with Gasteiger partial charge in [0.05, 0.1) is 11.9 Å². The van der Waals surface area contributed by atoms with E-state index in [1.54, 1.807) is 42.3 Å². The lowest BCUT2D eigenvalue weighted by Gasteiger charge is -2.36. The van der Waals surface area contributed by atoms with E-state index < -0.39 is 17.6 Å². The number of aromatic nitrogens is 7. The second-order valence-corrected chi connectivity index (χ2v) is 10.4. The first-order valence-corrected chi connectivity index (χ1v) is 12.1. The van der Waals surface area contributed by atoms with Crippen LogP contribution in [0.1, 0.15) is 52.8 Å². The molecule has 1 amide bonds. The lowest BCUT2D eigenvalue weighted by molar-refractivity contribution is 0.0931. The Morgan fingerprint density at radius 1 is 1.19 bits per heavy atom. The number of carboxylic acid groups (broad SMARTS) is 1. The van der Waals surface area contributed by atoms with Crippen LogP contribution >= 0.6 is 0 Å². The predicted molar refractivity (Wildman–Crippen MR) is 137 cm³/mol. The van der Waals surface area contributed by atoms with E-state index in [1.165, 1.54) is 15.4 Å². The zero-order chi connectivity index (χ0) is 26.9. The number of hydrogen-bond donors (Lipinski definition) is 2. The molecule has 196 valence electrons. The van der Waals surface area contributed by atoms with Crippen molar-refractivity contribution in [3.05, 3.63) is 48.4 Å². The SMILES string of the molecule is CC(C)CC(CN(C(=O)O)C(C)(C)C)c1nnc2cc(-c3ccnc(Nc4ccnn4C)n3)cc(F)n12. The molecule has 0 aliphatic rings. The molecule has 4 aromatic rings. The van der Waals surface area contributed by atoms with E-state index >= 15 is 4.39 Å². The molecule has 0 aliphatic carbocycles. The number of nitrogens with one attached hydrogen (secondary N) is 1. The van der Waals surface area contributed by atoms with Gasteiger partial charge in [-0.25, -0.2) is 14.8 Å². The van der Waals surface area contributed by atoms with Gasteiger partial charge in [0.25, 0.3) is 0 Å². The summed E-state index contributed by atoms with van der Waals surface area (Å²) < 4.78 is 18.6. The second kappa shape index (κ2) is 10.1. The monoisotopic (exact) mass is 509 g/mol. The fourth-order valence-corrected chi connectivity index (χ4v) is 4.29. The maximum Gasteiger partial charge on any atom is 0.407 e. The van der Waals surface area contributed by atoms with Crippen molar-refractivity contribution in [1.29, 1.82) is 0 Å². The molecular formula is C25H32FN9O2. The number of carbonyl (C=O) groups is 1. The van der Waals surface area contributed by atoms with Gasteiger partial charge in [-0.05, 0) is 45.2 Å². The van der Waals surface area contributed by atoms with Crippen LogP contribution < -0.4 is 5.32 Å². The Bertz CT molecular complexity index is 1410. The Kier molecular flexibility index (Phi) is 7.10. The van der Waals surface area contributed by atoms with Crippen LogP contribution in [-0.4, -0.2) is 62.5 Å². The third kappa shape index (κ3) is 5.68. The van der Waals surface area contributed by atoms with Crippen LogP contribution in [0.3, 0.4) is 0 Å². The van der Waals surface area contributed by atoms with Crippen LogP contribution in [0, 0.1) is 11.9 Å². The molecule has 0 spiro atoms. The molecule has 0 aromatic carbocycles. The summed E-state index contributed by atoms with van der Waals surface area (Å²) in [7, 11) is 1.79. The third-order valence-electron chi connectivity index (χ3n) is 6.06. The maximum absolute atomic E-state index is 15.6. The molecule has 0 radical (unpaired) electrons. The highest BCUT2D eigenvalue weighted by molar-refractivity contribution is 5.67. The van der Waals surface area contributed by atoms with Gasteiger partial charge in [-0.2, -0.15) is 9.49 Å². The van der Waals surface area contributed by atoms with Crippen LogP contribution in [0.2, 0.25) is 0 Å². The first-order chi connectivity index (χ1) is 17.4. The summed E-state index contributed by atoms with van der Waals surface area (Å²) in [6, 6.07) is 6.56. The standard InChI is InChI=1S/C25H32FN9O2/c1-15(2)11-17(14-34(24(36)37)25(3,4)5)22-32-31-21-13-16(12-19(26)35(21)22)18-7-9-27-23(29-18)30-20-8-10-28-33(20)6/h7-10,12-13,15,17H,11,14H2,1-6H3,(H,36,37)(H,27,29,30). The average molecular weight is 510 g/mol. The van der Waals surface area contributed by atoms with Crippen molar-refractivity contribution in [2.45, 2.75) is 52.5 Å². The number of rotatable bonds is 8. The fraction of sp³-hybridized carbons (Fsp3) is 0.440. The molecule has 4 aromatic heterocycles. The lowest BCUT2D eigenvalue weighted by atomic mass is 9.94. The summed E-state index contributed by atoms with van der Waals surface area (Å²) in [5, 5.41) is 25.6. The number of fused-ring (bicyclic) bond motifs is 1. The molecule has 1 unspecified atom stereocenters. The summed E-state index contributed by atoms with van der Waals surface area (Å²) in [5.41, 5.74) is 0.716. The van der Waals surface area contributed by atoms with E-state index in [9.17, 15) is 9.90 Å². The summed E-state index contributed by atoms with van der Waals surface area (Å²) >= 11 is 0. The minimum absolute atomic E-state index is 0.175. The number of anilines is 2. The first kappa shape index (κ1) is 26.0. The second-order valence-electron chi connectivity index (χ2n) is 10.4. The molecule has 0 saturated heterocycles. The lowest BCUT2D eigenvalue weighted by Crippen LogP contribution is -2.47. The molecule has 12 heteroatoms. The molecule has 4 rings (SSSR count). The van der Waals surface area contributed by atoms with Gasteiger partial charge in [0, 0.05) is 48.9 Å². The number of hydrogen-bond acceptors (Lipinski definition) is 7. The average Bonchev–Trinajstić information content (AvgIpc) is 3.42. The maximum atomic E-state index is 15.6. The minimum atomic E-state index is -1.03. The molecule has 0 fully saturated rings. The Morgan fingerprint density at radius 2 is 1.95 bits per heavy atom. The van der Waals surface area contributed by atoms with E-state index in [2.05, 4.69) is 30.6 Å². The molecular weight excluding hydrogens is 477 g/mol. The Hall–Kier alpha value is -4.09. The highest BCUT2D eigenvalue weighted by atomic mass is 19.1. The van der Waals surface area contributed by atoms with E-state index in [4.69, 9.17) is 0 Å². The summed E-state index contributed by atoms with van der Waals surface area (Å²) in [6.45, 7) is 9.76. The van der Waals surface area contributed by atoms with Gasteiger partial charge in [0.15, 0.2) is 5.65 Å². The quantitative estimate of drug-likeness (QED) is 0.327. The number of aryl methyl sites for hydroxylation is 1. The third-order valence-corrected chi connectivity index (χ3v) is 6.06. The Morgan fingerprint density at radius 3 is 2.57 bits per heavy atom. The zero-order valence-electron chi connectivity index (χ0n) is 21.8. The molecule has 2 N–H and O–H groups in total. The zero-order valence-corrected chi connectivity index (χ0v) is 21.8. The van der Waals surface area contributed by atoms with Gasteiger partial charge in [-0.15, -0.1) is 10.2 Å². The Balaban J connectivity index is 1.70. The van der Waals surface area contributed by atoms with Gasteiger partial charge in [0.2, 0.25) is 11.9 Å². The van der Waals surface area contributed by atoms with Gasteiger partial charge < -0.3 is 15.3 Å². The van der Waals surface area contributed by atoms with Crippen molar-refractivity contribution < 1.29 is 14.3 Å². The van der Waals surface area contributed by atoms with Crippen molar-refractivity contribution in [2.75, 3.05) is 11.9 Å². The van der Waals surface area contributed by atoms with Gasteiger partial charge in [0.1, 0.15) is 11.6 Å². The number of nitrogens with zero attached hydrogens (tertiary/aromatic N) is 8. The normalized spacial score (nSPS) is 12.8. The molecule has 11 nitrogen and oxygen atoms in total. The number of halogens is 1. The summed E-state index contributed by atoms with van der Waals surface area (Å²) in [6.07, 6.45) is 2.83. The molecule has 4 heterocycles. The molecule has 37 heavy (non-hydrogen) atoms. The van der Waals surface area contributed by atoms with Crippen LogP contribution in [0.5, 0.6) is 0 Å². The molecule has 1 atom stereocenters. The first-order valence-electron chi connectivity index (χ1n) is 12.1. The molecule has 0 aliphatic heterocycles. The van der Waals surface area contributed by atoms with Crippen molar-refractivity contribution in [3.63, 3.8) is 0 Å². The van der Waals surface area contributed by atoms with Crippen molar-refractivity contribution >= 4 is 23.5 Å². The highest BCUT2D eigenvalue weighted by Gasteiger charge is 2.32. The van der Waals surface area contributed by atoms with Crippen molar-refractivity contribution in [3.8, 4) is 11.3 Å². The fourth-order valence-electron chi connectivity index (χ4n) is 4.29. The smallest absolute Gasteiger partial charge is 0.407 e. The van der Waals surface area contributed by atoms with Gasteiger partial charge >= 0.3 is 6.09 Å². The van der Waals surface area contributed by atoms with Crippen LogP contribution in [0.15, 0.2) is 36.7 Å². The summed E-state index contributed by atoms with van der Waals surface area (Å²) in [5.74, 6) is 0.781. The largest absolute Gasteiger partial charge is 0.465 e. The minimum Gasteiger partial charge on any atom is -0.465 e. The van der Waals surface area contributed by atoms with E-state index in [1.807, 2.05) is 34.6 Å². The Labute approximate surface area is 214 Å². The summed E-state index contributed by atoms with van der Waals surface area (Å²) in [4.78, 5) is 22.1. The number of pyridine rings is 1.